The highest BCUT2D eigenvalue weighted by Crippen LogP contribution is 2.30. The Balaban J connectivity index is 1.37. The molecule has 2 aliphatic rings. The van der Waals surface area contributed by atoms with Crippen LogP contribution in [0.1, 0.15) is 28.6 Å². The first kappa shape index (κ1) is 16.0. The molecule has 0 spiro atoms. The Morgan fingerprint density at radius 2 is 2.12 bits per heavy atom. The van der Waals surface area contributed by atoms with E-state index in [2.05, 4.69) is 32.3 Å². The van der Waals surface area contributed by atoms with Crippen LogP contribution >= 0.6 is 0 Å². The minimum Gasteiger partial charge on any atom is -0.371 e. The van der Waals surface area contributed by atoms with Gasteiger partial charge in [0.1, 0.15) is 5.69 Å². The Morgan fingerprint density at radius 3 is 2.88 bits per heavy atom. The Bertz CT molecular complexity index is 787. The molecule has 4 rings (SSSR count). The molecule has 1 aromatic carbocycles. The van der Waals surface area contributed by atoms with E-state index in [1.165, 1.54) is 11.8 Å². The second kappa shape index (κ2) is 6.78. The van der Waals surface area contributed by atoms with Crippen LogP contribution in [-0.4, -0.2) is 52.6 Å². The van der Waals surface area contributed by atoms with E-state index in [-0.39, 0.29) is 29.3 Å². The van der Waals surface area contributed by atoms with Gasteiger partial charge >= 0.3 is 0 Å². The van der Waals surface area contributed by atoms with Gasteiger partial charge in [-0.05, 0) is 12.0 Å². The van der Waals surface area contributed by atoms with Crippen molar-refractivity contribution < 1.29 is 9.53 Å². The van der Waals surface area contributed by atoms with Gasteiger partial charge in [-0.1, -0.05) is 30.3 Å². The topological polar surface area (TPSA) is 87.3 Å². The number of hydrogen-bond acceptors (Lipinski definition) is 5. The van der Waals surface area contributed by atoms with Crippen LogP contribution in [0.4, 0.5) is 0 Å². The Labute approximate surface area is 145 Å². The van der Waals surface area contributed by atoms with Crippen molar-refractivity contribution in [2.24, 2.45) is 0 Å². The summed E-state index contributed by atoms with van der Waals surface area (Å²) in [5.74, 6) is -0.262. The summed E-state index contributed by atoms with van der Waals surface area (Å²) in [5, 5.41) is 3.00. The number of nitrogens with one attached hydrogen (secondary N) is 2. The summed E-state index contributed by atoms with van der Waals surface area (Å²) in [6, 6.07) is 10.6. The molecule has 1 amide bonds. The summed E-state index contributed by atoms with van der Waals surface area (Å²) < 4.78 is 6.02. The lowest BCUT2D eigenvalue weighted by atomic mass is 10.1. The maximum atomic E-state index is 12.3. The van der Waals surface area contributed by atoms with Crippen LogP contribution in [0.3, 0.4) is 0 Å². The zero-order valence-electron chi connectivity index (χ0n) is 13.7. The number of ether oxygens (including phenoxy) is 1. The van der Waals surface area contributed by atoms with E-state index < -0.39 is 0 Å². The Morgan fingerprint density at radius 1 is 1.28 bits per heavy atom. The number of amides is 1. The van der Waals surface area contributed by atoms with Crippen molar-refractivity contribution in [3.63, 3.8) is 0 Å². The third-order valence-corrected chi connectivity index (χ3v) is 4.83. The minimum absolute atomic E-state index is 0.0596. The summed E-state index contributed by atoms with van der Waals surface area (Å²) in [4.78, 5) is 32.0. The van der Waals surface area contributed by atoms with Crippen molar-refractivity contribution in [3.05, 3.63) is 64.3 Å². The van der Waals surface area contributed by atoms with Gasteiger partial charge in [0.15, 0.2) is 0 Å². The molecule has 0 radical (unpaired) electrons. The lowest BCUT2D eigenvalue weighted by Gasteiger charge is -2.35. The van der Waals surface area contributed by atoms with E-state index in [9.17, 15) is 9.59 Å². The first-order valence-corrected chi connectivity index (χ1v) is 8.45. The maximum Gasteiger partial charge on any atom is 0.271 e. The lowest BCUT2D eigenvalue weighted by molar-refractivity contribution is -0.0502. The highest BCUT2D eigenvalue weighted by molar-refractivity contribution is 5.92. The SMILES string of the molecule is O=C(N[C@@H]1C[C@H]2CO[C@@H](c3ccccc3)CN2C1)c1c[nH]c(=O)cn1. The minimum atomic E-state index is -0.321. The lowest BCUT2D eigenvalue weighted by Crippen LogP contribution is -2.43. The first-order chi connectivity index (χ1) is 12.2. The summed E-state index contributed by atoms with van der Waals surface area (Å²) in [6.45, 7) is 2.30. The average molecular weight is 340 g/mol. The predicted octanol–water partition coefficient (Wildman–Crippen LogP) is 0.714. The summed E-state index contributed by atoms with van der Waals surface area (Å²) in [7, 11) is 0. The van der Waals surface area contributed by atoms with E-state index in [1.54, 1.807) is 0 Å². The molecule has 7 nitrogen and oxygen atoms in total. The number of H-pyrrole nitrogens is 1. The van der Waals surface area contributed by atoms with Crippen LogP contribution in [0.25, 0.3) is 0 Å². The summed E-state index contributed by atoms with van der Waals surface area (Å²) >= 11 is 0. The predicted molar refractivity (Wildman–Crippen MR) is 91.2 cm³/mol. The van der Waals surface area contributed by atoms with Crippen molar-refractivity contribution >= 4 is 5.91 Å². The van der Waals surface area contributed by atoms with Gasteiger partial charge in [-0.2, -0.15) is 0 Å². The van der Waals surface area contributed by atoms with Gasteiger partial charge in [0.2, 0.25) is 0 Å². The fourth-order valence-corrected chi connectivity index (χ4v) is 3.57. The van der Waals surface area contributed by atoms with E-state index >= 15 is 0 Å². The quantitative estimate of drug-likeness (QED) is 0.859. The molecule has 2 aromatic rings. The van der Waals surface area contributed by atoms with Crippen molar-refractivity contribution in [1.29, 1.82) is 0 Å². The van der Waals surface area contributed by atoms with E-state index in [0.717, 1.165) is 25.7 Å². The van der Waals surface area contributed by atoms with Gasteiger partial charge < -0.3 is 15.0 Å². The Kier molecular flexibility index (Phi) is 4.33. The van der Waals surface area contributed by atoms with E-state index in [4.69, 9.17) is 4.74 Å². The van der Waals surface area contributed by atoms with Gasteiger partial charge in [0, 0.05) is 31.4 Å². The van der Waals surface area contributed by atoms with Gasteiger partial charge in [-0.25, -0.2) is 4.98 Å². The van der Waals surface area contributed by atoms with Crippen LogP contribution in [0, 0.1) is 0 Å². The van der Waals surface area contributed by atoms with Crippen molar-refractivity contribution in [1.82, 2.24) is 20.2 Å². The van der Waals surface area contributed by atoms with E-state index in [1.807, 2.05) is 18.2 Å². The smallest absolute Gasteiger partial charge is 0.271 e. The number of benzene rings is 1. The average Bonchev–Trinajstić information content (AvgIpc) is 3.04. The molecule has 0 unspecified atom stereocenters. The molecule has 3 heterocycles. The van der Waals surface area contributed by atoms with Crippen molar-refractivity contribution in [3.8, 4) is 0 Å². The number of aromatic amines is 1. The molecule has 0 saturated carbocycles. The molecule has 2 fully saturated rings. The van der Waals surface area contributed by atoms with Crippen LogP contribution in [0.5, 0.6) is 0 Å². The number of rotatable bonds is 3. The zero-order chi connectivity index (χ0) is 17.2. The van der Waals surface area contributed by atoms with Crippen LogP contribution in [0.15, 0.2) is 47.5 Å². The largest absolute Gasteiger partial charge is 0.371 e. The first-order valence-electron chi connectivity index (χ1n) is 8.45. The number of morpholine rings is 1. The van der Waals surface area contributed by atoms with Crippen LogP contribution < -0.4 is 10.9 Å². The number of nitrogens with zero attached hydrogens (tertiary/aromatic N) is 2. The number of aromatic nitrogens is 2. The number of carbonyl (C=O) groups excluding carboxylic acids is 1. The third kappa shape index (κ3) is 3.47. The molecule has 7 heteroatoms. The normalized spacial score (nSPS) is 26.2. The number of fused-ring (bicyclic) bond motifs is 1. The second-order valence-corrected chi connectivity index (χ2v) is 6.54. The molecule has 130 valence electrons. The molecule has 2 aliphatic heterocycles. The van der Waals surface area contributed by atoms with Gasteiger partial charge in [0.25, 0.3) is 11.5 Å². The molecule has 3 atom stereocenters. The van der Waals surface area contributed by atoms with Gasteiger partial charge in [0.05, 0.1) is 18.9 Å². The molecule has 2 N–H and O–H groups in total. The standard InChI is InChI=1S/C18H20N4O3/c23-17-8-19-15(7-20-17)18(24)21-13-6-14-11-25-16(10-22(14)9-13)12-4-2-1-3-5-12/h1-5,7-8,13-14,16H,6,9-11H2,(H,20,23)(H,21,24)/t13-,14+,16-/m1/s1. The second-order valence-electron chi connectivity index (χ2n) is 6.54. The maximum absolute atomic E-state index is 12.3. The molecule has 1 aromatic heterocycles. The highest BCUT2D eigenvalue weighted by Gasteiger charge is 2.38. The summed E-state index contributed by atoms with van der Waals surface area (Å²) in [5.41, 5.74) is 1.09. The van der Waals surface area contributed by atoms with E-state index in [0.29, 0.717) is 12.6 Å². The van der Waals surface area contributed by atoms with Crippen LogP contribution in [-0.2, 0) is 4.74 Å². The monoisotopic (exact) mass is 340 g/mol. The van der Waals surface area contributed by atoms with Crippen molar-refractivity contribution in [2.75, 3.05) is 19.7 Å². The molecular weight excluding hydrogens is 320 g/mol. The van der Waals surface area contributed by atoms with Gasteiger partial charge in [-0.3, -0.25) is 14.5 Å². The number of hydrogen-bond donors (Lipinski definition) is 2. The molecule has 0 aliphatic carbocycles. The molecule has 2 saturated heterocycles. The number of carbonyl (C=O) groups is 1. The Hall–Kier alpha value is -2.51. The van der Waals surface area contributed by atoms with Gasteiger partial charge in [-0.15, -0.1) is 0 Å². The molecular formula is C18H20N4O3. The summed E-state index contributed by atoms with van der Waals surface area (Å²) in [6.07, 6.45) is 3.39. The van der Waals surface area contributed by atoms with Crippen LogP contribution in [0.2, 0.25) is 0 Å². The third-order valence-electron chi connectivity index (χ3n) is 4.83. The fourth-order valence-electron chi connectivity index (χ4n) is 3.57. The van der Waals surface area contributed by atoms with Crippen molar-refractivity contribution in [2.45, 2.75) is 24.6 Å². The molecule has 25 heavy (non-hydrogen) atoms. The zero-order valence-corrected chi connectivity index (χ0v) is 13.7. The highest BCUT2D eigenvalue weighted by atomic mass is 16.5. The molecule has 0 bridgehead atoms. The fraction of sp³-hybridized carbons (Fsp3) is 0.389.